The predicted molar refractivity (Wildman–Crippen MR) is 157 cm³/mol. The molecule has 0 aliphatic carbocycles. The van der Waals surface area contributed by atoms with Crippen LogP contribution in [0.25, 0.3) is 11.0 Å². The lowest BCUT2D eigenvalue weighted by atomic mass is 10.1. The van der Waals surface area contributed by atoms with E-state index in [-0.39, 0.29) is 25.0 Å². The van der Waals surface area contributed by atoms with Crippen molar-refractivity contribution in [1.82, 2.24) is 14.5 Å². The van der Waals surface area contributed by atoms with Crippen LogP contribution in [0.15, 0.2) is 48.5 Å². The number of nitrogens with two attached hydrogens (primary N) is 1. The molecule has 3 aromatic rings. The summed E-state index contributed by atoms with van der Waals surface area (Å²) in [5.74, 6) is -1.66. The number of hydrogen-bond donors (Lipinski definition) is 2. The van der Waals surface area contributed by atoms with Gasteiger partial charge in [0.25, 0.3) is 0 Å². The third-order valence-corrected chi connectivity index (χ3v) is 6.45. The Bertz CT molecular complexity index is 1410. The van der Waals surface area contributed by atoms with Crippen LogP contribution >= 0.6 is 0 Å². The number of ether oxygens (including phenoxy) is 3. The number of halogens is 3. The summed E-state index contributed by atoms with van der Waals surface area (Å²) in [4.78, 5) is 40.3. The van der Waals surface area contributed by atoms with Gasteiger partial charge in [-0.15, -0.1) is 0 Å². The lowest BCUT2D eigenvalue weighted by Gasteiger charge is -2.29. The van der Waals surface area contributed by atoms with Gasteiger partial charge < -0.3 is 34.5 Å². The van der Waals surface area contributed by atoms with Crippen LogP contribution in [-0.2, 0) is 23.9 Å². The van der Waals surface area contributed by atoms with Gasteiger partial charge in [-0.1, -0.05) is 25.1 Å². The highest BCUT2D eigenvalue weighted by atomic mass is 19.4. The van der Waals surface area contributed by atoms with Crippen LogP contribution < -0.4 is 10.5 Å². The topological polar surface area (TPSA) is 146 Å². The maximum absolute atomic E-state index is 13.1. The highest BCUT2D eigenvalue weighted by molar-refractivity contribution is 5.84. The minimum atomic E-state index is -5.08. The third kappa shape index (κ3) is 10.4. The van der Waals surface area contributed by atoms with Crippen molar-refractivity contribution in [1.29, 1.82) is 0 Å². The maximum Gasteiger partial charge on any atom is 0.490 e. The summed E-state index contributed by atoms with van der Waals surface area (Å²) in [7, 11) is 2.91. The molecule has 0 aliphatic rings. The molecule has 11 nitrogen and oxygen atoms in total. The molecule has 0 saturated carbocycles. The van der Waals surface area contributed by atoms with Crippen molar-refractivity contribution < 1.29 is 46.9 Å². The summed E-state index contributed by atoms with van der Waals surface area (Å²) in [5.41, 5.74) is 7.46. The van der Waals surface area contributed by atoms with E-state index in [2.05, 4.69) is 4.98 Å². The van der Waals surface area contributed by atoms with Crippen LogP contribution in [0.5, 0.6) is 11.5 Å². The molecule has 0 aliphatic heterocycles. The zero-order chi connectivity index (χ0) is 33.2. The summed E-state index contributed by atoms with van der Waals surface area (Å²) in [6.07, 6.45) is -3.60. The Morgan fingerprint density at radius 3 is 2.20 bits per heavy atom. The van der Waals surface area contributed by atoms with Crippen molar-refractivity contribution in [2.45, 2.75) is 70.8 Å². The second-order valence-electron chi connectivity index (χ2n) is 10.8. The van der Waals surface area contributed by atoms with Gasteiger partial charge in [0, 0.05) is 25.6 Å². The number of carbonyl (C=O) groups excluding carboxylic acids is 2. The average Bonchev–Trinajstić information content (AvgIpc) is 3.27. The van der Waals surface area contributed by atoms with Gasteiger partial charge >= 0.3 is 18.1 Å². The van der Waals surface area contributed by atoms with Gasteiger partial charge in [0.2, 0.25) is 11.9 Å². The number of nitrogens with zero attached hydrogens (tertiary/aromatic N) is 3. The first-order chi connectivity index (χ1) is 20.5. The molecule has 1 aromatic heterocycles. The number of imidazole rings is 1. The highest BCUT2D eigenvalue weighted by Gasteiger charge is 2.38. The van der Waals surface area contributed by atoms with Crippen molar-refractivity contribution >= 4 is 34.8 Å². The van der Waals surface area contributed by atoms with E-state index in [9.17, 15) is 22.8 Å². The molecule has 1 heterocycles. The fourth-order valence-corrected chi connectivity index (χ4v) is 4.12. The standard InChI is InChI=1S/C28H38N4O5.C2HF3O2/c1-7-19(13-16-25(33)31(5)24(26(34)35-6)18-36-28(2,3)4)32-23-17-21(14-15-22(23)30-27(32)29)37-20-11-9-8-10-12-20;3-2(4,5)1(6)7/h8-12,14-15,17,19,24H,7,13,16,18H2,1-6H3,(H2,29,30);(H,6,7)/t19-,24+;/m1./s1. The summed E-state index contributed by atoms with van der Waals surface area (Å²) < 4.78 is 50.4. The van der Waals surface area contributed by atoms with Gasteiger partial charge in [-0.05, 0) is 57.9 Å². The molecule has 3 rings (SSSR count). The highest BCUT2D eigenvalue weighted by Crippen LogP contribution is 2.32. The SMILES string of the molecule is CC[C@H](CCC(=O)N(C)[C@@H](COC(C)(C)C)C(=O)OC)n1c(N)nc2ccc(Oc3ccccc3)cc21.O=C(O)C(F)(F)F. The number of esters is 1. The van der Waals surface area contributed by atoms with Gasteiger partial charge in [-0.3, -0.25) is 4.79 Å². The smallest absolute Gasteiger partial charge is 0.475 e. The number of amides is 1. The number of para-hydroxylation sites is 1. The minimum Gasteiger partial charge on any atom is -0.475 e. The molecule has 1 amide bonds. The van der Waals surface area contributed by atoms with E-state index in [1.54, 1.807) is 7.05 Å². The normalized spacial score (nSPS) is 12.9. The van der Waals surface area contributed by atoms with E-state index in [4.69, 9.17) is 29.8 Å². The van der Waals surface area contributed by atoms with Gasteiger partial charge in [0.05, 0.1) is 30.4 Å². The second kappa shape index (κ2) is 15.4. The molecule has 2 aromatic carbocycles. The molecule has 3 N–H and O–H groups in total. The molecule has 44 heavy (non-hydrogen) atoms. The molecule has 0 saturated heterocycles. The van der Waals surface area contributed by atoms with Crippen LogP contribution in [0.4, 0.5) is 19.1 Å². The molecular formula is C30H39F3N4O7. The number of carbonyl (C=O) groups is 3. The summed E-state index contributed by atoms with van der Waals surface area (Å²) >= 11 is 0. The van der Waals surface area contributed by atoms with Crippen molar-refractivity contribution in [3.8, 4) is 11.5 Å². The first-order valence-electron chi connectivity index (χ1n) is 13.8. The van der Waals surface area contributed by atoms with E-state index in [0.29, 0.717) is 18.1 Å². The van der Waals surface area contributed by atoms with Crippen molar-refractivity contribution in [3.05, 3.63) is 48.5 Å². The number of benzene rings is 2. The van der Waals surface area contributed by atoms with Crippen molar-refractivity contribution in [2.75, 3.05) is 26.5 Å². The largest absolute Gasteiger partial charge is 0.490 e. The lowest BCUT2D eigenvalue weighted by molar-refractivity contribution is -0.192. The number of hydrogen-bond acceptors (Lipinski definition) is 8. The van der Waals surface area contributed by atoms with E-state index >= 15 is 0 Å². The molecular weight excluding hydrogens is 585 g/mol. The first-order valence-corrected chi connectivity index (χ1v) is 13.8. The van der Waals surface area contributed by atoms with E-state index in [0.717, 1.165) is 23.2 Å². The zero-order valence-corrected chi connectivity index (χ0v) is 25.6. The fraction of sp³-hybridized carbons (Fsp3) is 0.467. The third-order valence-electron chi connectivity index (χ3n) is 6.45. The molecule has 0 fully saturated rings. The van der Waals surface area contributed by atoms with Gasteiger partial charge in [0.15, 0.2) is 6.04 Å². The monoisotopic (exact) mass is 624 g/mol. The number of carboxylic acids is 1. The Kier molecular flexibility index (Phi) is 12.6. The number of anilines is 1. The number of rotatable bonds is 11. The van der Waals surface area contributed by atoms with Crippen molar-refractivity contribution in [3.63, 3.8) is 0 Å². The second-order valence-corrected chi connectivity index (χ2v) is 10.8. The van der Waals surface area contributed by atoms with Crippen LogP contribution in [0.3, 0.4) is 0 Å². The molecule has 2 atom stereocenters. The van der Waals surface area contributed by atoms with E-state index in [1.807, 2.05) is 80.8 Å². The van der Waals surface area contributed by atoms with Gasteiger partial charge in [-0.2, -0.15) is 13.2 Å². The summed E-state index contributed by atoms with van der Waals surface area (Å²) in [6.45, 7) is 7.78. The van der Waals surface area contributed by atoms with Crippen LogP contribution in [0.2, 0.25) is 0 Å². The molecule has 0 radical (unpaired) electrons. The van der Waals surface area contributed by atoms with E-state index in [1.165, 1.54) is 12.0 Å². The predicted octanol–water partition coefficient (Wildman–Crippen LogP) is 5.59. The van der Waals surface area contributed by atoms with Gasteiger partial charge in [0.1, 0.15) is 11.5 Å². The Morgan fingerprint density at radius 2 is 1.68 bits per heavy atom. The Labute approximate surface area is 253 Å². The molecule has 242 valence electrons. The van der Waals surface area contributed by atoms with Crippen LogP contribution in [0, 0.1) is 0 Å². The Balaban J connectivity index is 0.000000860. The number of fused-ring (bicyclic) bond motifs is 1. The summed E-state index contributed by atoms with van der Waals surface area (Å²) in [6, 6.07) is 14.3. The zero-order valence-electron chi connectivity index (χ0n) is 25.6. The number of alkyl halides is 3. The molecule has 0 unspecified atom stereocenters. The van der Waals surface area contributed by atoms with Crippen LogP contribution in [-0.4, -0.2) is 76.0 Å². The number of aliphatic carboxylic acids is 1. The minimum absolute atomic E-state index is 0.0545. The van der Waals surface area contributed by atoms with Crippen LogP contribution in [0.1, 0.15) is 53.0 Å². The lowest BCUT2D eigenvalue weighted by Crippen LogP contribution is -2.47. The van der Waals surface area contributed by atoms with Gasteiger partial charge in [-0.25, -0.2) is 14.6 Å². The number of likely N-dealkylation sites (N-methyl/N-ethyl adjacent to an activating group) is 1. The Morgan fingerprint density at radius 1 is 1.07 bits per heavy atom. The maximum atomic E-state index is 13.1. The fourth-order valence-electron chi connectivity index (χ4n) is 4.12. The number of carboxylic acid groups (broad SMARTS) is 1. The molecule has 14 heteroatoms. The Hall–Kier alpha value is -4.33. The quantitative estimate of drug-likeness (QED) is 0.261. The first kappa shape index (κ1) is 35.9. The molecule has 0 spiro atoms. The number of methoxy groups -OCH3 is 1. The summed E-state index contributed by atoms with van der Waals surface area (Å²) in [5, 5.41) is 7.12. The van der Waals surface area contributed by atoms with E-state index < -0.39 is 29.8 Å². The number of nitrogen functional groups attached to an aromatic ring is 1. The van der Waals surface area contributed by atoms with Crippen molar-refractivity contribution in [2.24, 2.45) is 0 Å². The average molecular weight is 625 g/mol. The number of aromatic nitrogens is 2. The molecule has 0 bridgehead atoms.